The van der Waals surface area contributed by atoms with E-state index >= 15 is 0 Å². The molecule has 2 amide bonds. The number of piperidine rings is 1. The number of thiazole rings is 1. The zero-order valence-corrected chi connectivity index (χ0v) is 23.4. The molecule has 2 N–H and O–H groups in total. The minimum absolute atomic E-state index is 0.0595. The molecule has 1 aromatic carbocycles. The SMILES string of the molecule is CC(=O)NCCCn1c(-c2ccc(C(C)(C)C)cc2)csc1=NC(=O)c1cc(N2CCC(O)CC2)ccn1. The maximum Gasteiger partial charge on any atom is 0.298 e. The fraction of sp³-hybridized carbons (Fsp3) is 0.448. The van der Waals surface area contributed by atoms with Crippen LogP contribution in [0.1, 0.15) is 63.0 Å². The molecule has 8 nitrogen and oxygen atoms in total. The second-order valence-electron chi connectivity index (χ2n) is 10.8. The van der Waals surface area contributed by atoms with Gasteiger partial charge in [0, 0.05) is 50.4 Å². The van der Waals surface area contributed by atoms with Gasteiger partial charge >= 0.3 is 0 Å². The van der Waals surface area contributed by atoms with Crippen molar-refractivity contribution in [2.75, 3.05) is 24.5 Å². The molecule has 0 unspecified atom stereocenters. The number of hydrogen-bond acceptors (Lipinski definition) is 6. The topological polar surface area (TPSA) is 99.8 Å². The van der Waals surface area contributed by atoms with Crippen molar-refractivity contribution in [3.8, 4) is 11.3 Å². The van der Waals surface area contributed by atoms with Crippen molar-refractivity contribution < 1.29 is 14.7 Å². The molecule has 9 heteroatoms. The molecule has 202 valence electrons. The van der Waals surface area contributed by atoms with E-state index in [1.165, 1.54) is 23.8 Å². The van der Waals surface area contributed by atoms with Crippen LogP contribution in [0, 0.1) is 0 Å². The first-order valence-electron chi connectivity index (χ1n) is 13.1. The number of aromatic nitrogens is 2. The van der Waals surface area contributed by atoms with Gasteiger partial charge in [0.15, 0.2) is 4.80 Å². The third-order valence-corrected chi connectivity index (χ3v) is 7.63. The Labute approximate surface area is 228 Å². The van der Waals surface area contributed by atoms with Crippen LogP contribution < -0.4 is 15.0 Å². The predicted octanol–water partition coefficient (Wildman–Crippen LogP) is 4.14. The van der Waals surface area contributed by atoms with Gasteiger partial charge in [-0.05, 0) is 47.9 Å². The number of hydrogen-bond donors (Lipinski definition) is 2. The molecule has 38 heavy (non-hydrogen) atoms. The molecule has 3 heterocycles. The Balaban J connectivity index is 1.63. The highest BCUT2D eigenvalue weighted by Gasteiger charge is 2.19. The van der Waals surface area contributed by atoms with E-state index in [0.29, 0.717) is 42.8 Å². The molecular weight excluding hydrogens is 498 g/mol. The standard InChI is InChI=1S/C29H37N5O3S/c1-20(35)30-13-5-15-34-26(21-6-8-22(9-7-21)29(2,3)4)19-38-28(34)32-27(37)25-18-23(10-14-31-25)33-16-11-24(36)12-17-33/h6-10,14,18-19,24,36H,5,11-13,15-17H2,1-4H3,(H,30,35). The summed E-state index contributed by atoms with van der Waals surface area (Å²) in [4.78, 5) is 36.1. The van der Waals surface area contributed by atoms with Gasteiger partial charge < -0.3 is 19.9 Å². The highest BCUT2D eigenvalue weighted by atomic mass is 32.1. The number of rotatable bonds is 7. The number of nitrogens with one attached hydrogen (secondary N) is 1. The lowest BCUT2D eigenvalue weighted by Crippen LogP contribution is -2.35. The second kappa shape index (κ2) is 12.0. The number of benzene rings is 1. The van der Waals surface area contributed by atoms with Crippen LogP contribution in [0.3, 0.4) is 0 Å². The second-order valence-corrected chi connectivity index (χ2v) is 11.6. The van der Waals surface area contributed by atoms with Gasteiger partial charge in [-0.25, -0.2) is 0 Å². The molecule has 0 saturated carbocycles. The van der Waals surface area contributed by atoms with E-state index in [0.717, 1.165) is 30.0 Å². The van der Waals surface area contributed by atoms with E-state index in [9.17, 15) is 14.7 Å². The van der Waals surface area contributed by atoms with Gasteiger partial charge in [-0.1, -0.05) is 45.0 Å². The summed E-state index contributed by atoms with van der Waals surface area (Å²) < 4.78 is 2.05. The molecule has 1 saturated heterocycles. The normalized spacial score (nSPS) is 15.1. The van der Waals surface area contributed by atoms with Gasteiger partial charge in [0.05, 0.1) is 11.8 Å². The Kier molecular flexibility index (Phi) is 8.79. The molecule has 4 rings (SSSR count). The summed E-state index contributed by atoms with van der Waals surface area (Å²) in [5.41, 5.74) is 4.56. The number of nitrogens with zero attached hydrogens (tertiary/aromatic N) is 4. The van der Waals surface area contributed by atoms with Crippen LogP contribution in [0.5, 0.6) is 0 Å². The van der Waals surface area contributed by atoms with Gasteiger partial charge in [0.1, 0.15) is 5.69 Å². The van der Waals surface area contributed by atoms with Gasteiger partial charge in [0.25, 0.3) is 5.91 Å². The summed E-state index contributed by atoms with van der Waals surface area (Å²) in [5, 5.41) is 14.7. The Bertz CT molecular complexity index is 1330. The van der Waals surface area contributed by atoms with Gasteiger partial charge in [-0.3, -0.25) is 14.6 Å². The molecule has 0 radical (unpaired) electrons. The minimum atomic E-state index is -0.393. The molecule has 3 aromatic rings. The summed E-state index contributed by atoms with van der Waals surface area (Å²) in [7, 11) is 0. The Hall–Kier alpha value is -3.30. The van der Waals surface area contributed by atoms with Gasteiger partial charge in [-0.15, -0.1) is 11.3 Å². The van der Waals surface area contributed by atoms with Crippen molar-refractivity contribution in [3.05, 3.63) is 64.0 Å². The molecule has 0 bridgehead atoms. The van der Waals surface area contributed by atoms with E-state index in [-0.39, 0.29) is 17.4 Å². The average Bonchev–Trinajstić information content (AvgIpc) is 3.28. The van der Waals surface area contributed by atoms with Crippen LogP contribution in [0.25, 0.3) is 11.3 Å². The van der Waals surface area contributed by atoms with Crippen LogP contribution in [0.2, 0.25) is 0 Å². The fourth-order valence-corrected chi connectivity index (χ4v) is 5.44. The molecular formula is C29H37N5O3S. The Morgan fingerprint density at radius 1 is 1.16 bits per heavy atom. The summed E-state index contributed by atoms with van der Waals surface area (Å²) >= 11 is 1.42. The van der Waals surface area contributed by atoms with Gasteiger partial charge in [0.2, 0.25) is 5.91 Å². The van der Waals surface area contributed by atoms with Crippen molar-refractivity contribution >= 4 is 28.8 Å². The quantitative estimate of drug-likeness (QED) is 0.443. The zero-order valence-electron chi connectivity index (χ0n) is 22.6. The van der Waals surface area contributed by atoms with Crippen LogP contribution in [0.4, 0.5) is 5.69 Å². The summed E-state index contributed by atoms with van der Waals surface area (Å²) in [6.45, 7) is 10.7. The van der Waals surface area contributed by atoms with Crippen LogP contribution in [0.15, 0.2) is 53.0 Å². The third-order valence-electron chi connectivity index (χ3n) is 6.77. The lowest BCUT2D eigenvalue weighted by atomic mass is 9.86. The lowest BCUT2D eigenvalue weighted by molar-refractivity contribution is -0.118. The number of pyridine rings is 1. The third kappa shape index (κ3) is 6.96. The van der Waals surface area contributed by atoms with Crippen LogP contribution >= 0.6 is 11.3 Å². The molecule has 0 aliphatic carbocycles. The molecule has 0 atom stereocenters. The van der Waals surface area contributed by atoms with E-state index < -0.39 is 5.91 Å². The summed E-state index contributed by atoms with van der Waals surface area (Å²) in [6.07, 6.45) is 3.51. The number of amides is 2. The number of aliphatic hydroxyl groups is 1. The minimum Gasteiger partial charge on any atom is -0.393 e. The first kappa shape index (κ1) is 27.7. The highest BCUT2D eigenvalue weighted by Crippen LogP contribution is 2.27. The largest absolute Gasteiger partial charge is 0.393 e. The Morgan fingerprint density at radius 3 is 2.53 bits per heavy atom. The van der Waals surface area contributed by atoms with Crippen LogP contribution in [-0.4, -0.2) is 52.2 Å². The number of anilines is 1. The Morgan fingerprint density at radius 2 is 1.87 bits per heavy atom. The van der Waals surface area contributed by atoms with E-state index in [2.05, 4.69) is 65.2 Å². The maximum atomic E-state index is 13.2. The zero-order chi connectivity index (χ0) is 27.3. The van der Waals surface area contributed by atoms with Crippen molar-refractivity contribution in [1.82, 2.24) is 14.9 Å². The summed E-state index contributed by atoms with van der Waals surface area (Å²) in [5.74, 6) is -0.455. The number of aliphatic hydroxyl groups excluding tert-OH is 1. The van der Waals surface area contributed by atoms with Crippen molar-refractivity contribution in [2.45, 2.75) is 65.0 Å². The lowest BCUT2D eigenvalue weighted by Gasteiger charge is -2.31. The van der Waals surface area contributed by atoms with Crippen molar-refractivity contribution in [2.24, 2.45) is 4.99 Å². The van der Waals surface area contributed by atoms with Gasteiger partial charge in [-0.2, -0.15) is 4.99 Å². The van der Waals surface area contributed by atoms with E-state index in [1.807, 2.05) is 16.0 Å². The molecule has 1 fully saturated rings. The highest BCUT2D eigenvalue weighted by molar-refractivity contribution is 7.07. The van der Waals surface area contributed by atoms with Crippen LogP contribution in [-0.2, 0) is 16.8 Å². The first-order valence-corrected chi connectivity index (χ1v) is 14.0. The molecule has 1 aliphatic heterocycles. The summed E-state index contributed by atoms with van der Waals surface area (Å²) in [6, 6.07) is 12.2. The van der Waals surface area contributed by atoms with Crippen molar-refractivity contribution in [3.63, 3.8) is 0 Å². The number of carbonyl (C=O) groups is 2. The molecule has 1 aliphatic rings. The molecule has 2 aromatic heterocycles. The monoisotopic (exact) mass is 535 g/mol. The molecule has 0 spiro atoms. The first-order chi connectivity index (χ1) is 18.1. The average molecular weight is 536 g/mol. The smallest absolute Gasteiger partial charge is 0.298 e. The predicted molar refractivity (Wildman–Crippen MR) is 151 cm³/mol. The van der Waals surface area contributed by atoms with Crippen molar-refractivity contribution in [1.29, 1.82) is 0 Å². The maximum absolute atomic E-state index is 13.2. The number of carbonyl (C=O) groups excluding carboxylic acids is 2. The fourth-order valence-electron chi connectivity index (χ4n) is 4.51. The van der Waals surface area contributed by atoms with E-state index in [1.54, 1.807) is 12.3 Å². The van der Waals surface area contributed by atoms with E-state index in [4.69, 9.17) is 0 Å².